The molecular weight excluding hydrogens is 364 g/mol. The second-order valence-electron chi connectivity index (χ2n) is 6.98. The van der Waals surface area contributed by atoms with Crippen molar-refractivity contribution >= 4 is 35.0 Å². The van der Waals surface area contributed by atoms with Gasteiger partial charge in [-0.1, -0.05) is 6.07 Å². The summed E-state index contributed by atoms with van der Waals surface area (Å²) in [5.41, 5.74) is 2.34. The summed E-state index contributed by atoms with van der Waals surface area (Å²) in [6.45, 7) is 5.37. The molecule has 1 amide bonds. The van der Waals surface area contributed by atoms with Gasteiger partial charge in [0, 0.05) is 18.0 Å². The summed E-state index contributed by atoms with van der Waals surface area (Å²) in [5, 5.41) is 13.8. The molecule has 28 heavy (non-hydrogen) atoms. The molecule has 146 valence electrons. The Balaban J connectivity index is 1.69. The Morgan fingerprint density at radius 3 is 2.54 bits per heavy atom. The molecule has 0 fully saturated rings. The zero-order chi connectivity index (χ0) is 20.3. The normalized spacial score (nSPS) is 11.2. The van der Waals surface area contributed by atoms with Crippen LogP contribution in [-0.2, 0) is 9.53 Å². The molecule has 0 aliphatic carbocycles. The van der Waals surface area contributed by atoms with Crippen molar-refractivity contribution in [1.29, 1.82) is 0 Å². The molecule has 10 nitrogen and oxygen atoms in total. The van der Waals surface area contributed by atoms with E-state index >= 15 is 0 Å². The first-order chi connectivity index (χ1) is 13.2. The van der Waals surface area contributed by atoms with Crippen molar-refractivity contribution in [3.63, 3.8) is 0 Å². The number of fused-ring (bicyclic) bond motifs is 1. The van der Waals surface area contributed by atoms with Gasteiger partial charge in [0.25, 0.3) is 0 Å². The highest BCUT2D eigenvalue weighted by molar-refractivity contribution is 5.87. The molecule has 3 aromatic rings. The van der Waals surface area contributed by atoms with Gasteiger partial charge in [0.1, 0.15) is 12.1 Å². The van der Waals surface area contributed by atoms with E-state index in [1.165, 1.54) is 0 Å². The van der Waals surface area contributed by atoms with E-state index in [2.05, 4.69) is 30.6 Å². The molecule has 0 bridgehead atoms. The molecule has 0 aliphatic rings. The lowest BCUT2D eigenvalue weighted by atomic mass is 10.1. The number of nitrogens with zero attached hydrogens (tertiary/aromatic N) is 3. The highest BCUT2D eigenvalue weighted by atomic mass is 16.6. The van der Waals surface area contributed by atoms with Crippen molar-refractivity contribution in [2.45, 2.75) is 26.4 Å². The van der Waals surface area contributed by atoms with Crippen LogP contribution in [-0.4, -0.2) is 49.3 Å². The maximum absolute atomic E-state index is 11.7. The van der Waals surface area contributed by atoms with Crippen molar-refractivity contribution in [1.82, 2.24) is 19.9 Å². The van der Waals surface area contributed by atoms with E-state index in [1.807, 2.05) is 12.1 Å². The molecule has 0 unspecified atom stereocenters. The smallest absolute Gasteiger partial charge is 0.411 e. The van der Waals surface area contributed by atoms with Crippen LogP contribution in [0.1, 0.15) is 20.8 Å². The summed E-state index contributed by atoms with van der Waals surface area (Å²) >= 11 is 0. The van der Waals surface area contributed by atoms with Crippen molar-refractivity contribution in [2.24, 2.45) is 0 Å². The number of benzene rings is 1. The van der Waals surface area contributed by atoms with E-state index < -0.39 is 17.7 Å². The first kappa shape index (κ1) is 19.1. The number of anilines is 2. The standard InChI is InChI=1S/C18H20N6O4/c1-18(2,3)28-14(25)9-21-15-19-7-11(8-20-15)10-4-5-12-13(6-10)23-16(22-12)24-17(26)27/h4-8H,9H2,1-3H3,(H,26,27)(H,19,20,21)(H2,22,23,24). The molecule has 1 aromatic carbocycles. The van der Waals surface area contributed by atoms with Crippen molar-refractivity contribution in [3.8, 4) is 11.1 Å². The van der Waals surface area contributed by atoms with Crippen molar-refractivity contribution in [3.05, 3.63) is 30.6 Å². The lowest BCUT2D eigenvalue weighted by Gasteiger charge is -2.19. The number of esters is 1. The Hall–Kier alpha value is -3.69. The van der Waals surface area contributed by atoms with E-state index in [-0.39, 0.29) is 12.5 Å². The lowest BCUT2D eigenvalue weighted by molar-refractivity contribution is -0.152. The minimum Gasteiger partial charge on any atom is -0.465 e. The van der Waals surface area contributed by atoms with Gasteiger partial charge in [0.2, 0.25) is 11.9 Å². The third-order valence-electron chi connectivity index (χ3n) is 3.50. The van der Waals surface area contributed by atoms with Gasteiger partial charge in [-0.2, -0.15) is 0 Å². The van der Waals surface area contributed by atoms with E-state index in [0.29, 0.717) is 17.0 Å². The van der Waals surface area contributed by atoms with Crippen LogP contribution in [0.15, 0.2) is 30.6 Å². The highest BCUT2D eigenvalue weighted by Gasteiger charge is 2.16. The summed E-state index contributed by atoms with van der Waals surface area (Å²) in [6, 6.07) is 5.42. The zero-order valence-corrected chi connectivity index (χ0v) is 15.6. The molecule has 0 saturated heterocycles. The number of hydrogen-bond acceptors (Lipinski definition) is 7. The van der Waals surface area contributed by atoms with Gasteiger partial charge in [0.15, 0.2) is 0 Å². The molecule has 3 rings (SSSR count). The Bertz CT molecular complexity index is 1010. The fraction of sp³-hybridized carbons (Fsp3) is 0.278. The number of carboxylic acid groups (broad SMARTS) is 1. The predicted molar refractivity (Wildman–Crippen MR) is 103 cm³/mol. The minimum atomic E-state index is -1.19. The van der Waals surface area contributed by atoms with E-state index in [0.717, 1.165) is 11.1 Å². The number of ether oxygens (including phenoxy) is 1. The van der Waals surface area contributed by atoms with Gasteiger partial charge in [-0.05, 0) is 38.5 Å². The number of nitrogens with one attached hydrogen (secondary N) is 3. The van der Waals surface area contributed by atoms with Gasteiger partial charge in [-0.25, -0.2) is 19.7 Å². The Labute approximate surface area is 160 Å². The van der Waals surface area contributed by atoms with Gasteiger partial charge in [-0.3, -0.25) is 10.1 Å². The molecule has 2 heterocycles. The molecule has 10 heteroatoms. The first-order valence-corrected chi connectivity index (χ1v) is 8.47. The molecule has 0 aliphatic heterocycles. The van der Waals surface area contributed by atoms with Gasteiger partial charge >= 0.3 is 12.1 Å². The average molecular weight is 384 g/mol. The molecule has 0 atom stereocenters. The number of H-pyrrole nitrogens is 1. The van der Waals surface area contributed by atoms with Crippen molar-refractivity contribution < 1.29 is 19.4 Å². The second-order valence-corrected chi connectivity index (χ2v) is 6.98. The first-order valence-electron chi connectivity index (χ1n) is 8.47. The minimum absolute atomic E-state index is 0.0317. The number of carbonyl (C=O) groups excluding carboxylic acids is 1. The number of aromatic amines is 1. The van der Waals surface area contributed by atoms with Crippen LogP contribution in [0.2, 0.25) is 0 Å². The quantitative estimate of drug-likeness (QED) is 0.492. The molecule has 0 spiro atoms. The Morgan fingerprint density at radius 1 is 1.18 bits per heavy atom. The van der Waals surface area contributed by atoms with Crippen LogP contribution in [0.3, 0.4) is 0 Å². The second kappa shape index (κ2) is 7.51. The van der Waals surface area contributed by atoms with Crippen LogP contribution in [0.25, 0.3) is 22.2 Å². The lowest BCUT2D eigenvalue weighted by Crippen LogP contribution is -2.28. The SMILES string of the molecule is CC(C)(C)OC(=O)CNc1ncc(-c2ccc3nc(NC(=O)O)[nH]c3c2)cn1. The predicted octanol–water partition coefficient (Wildman–Crippen LogP) is 2.86. The summed E-state index contributed by atoms with van der Waals surface area (Å²) < 4.78 is 5.21. The Kier molecular flexibility index (Phi) is 5.12. The number of hydrogen-bond donors (Lipinski definition) is 4. The molecule has 0 saturated carbocycles. The van der Waals surface area contributed by atoms with E-state index in [1.54, 1.807) is 39.2 Å². The summed E-state index contributed by atoms with van der Waals surface area (Å²) in [4.78, 5) is 37.9. The summed E-state index contributed by atoms with van der Waals surface area (Å²) in [5.74, 6) is 0.0680. The van der Waals surface area contributed by atoms with Crippen LogP contribution < -0.4 is 10.6 Å². The number of amides is 1. The van der Waals surface area contributed by atoms with Gasteiger partial charge in [-0.15, -0.1) is 0 Å². The maximum atomic E-state index is 11.7. The highest BCUT2D eigenvalue weighted by Crippen LogP contribution is 2.23. The third kappa shape index (κ3) is 4.93. The fourth-order valence-corrected chi connectivity index (χ4v) is 2.45. The maximum Gasteiger partial charge on any atom is 0.411 e. The molecular formula is C18H20N6O4. The summed E-state index contributed by atoms with van der Waals surface area (Å²) in [7, 11) is 0. The zero-order valence-electron chi connectivity index (χ0n) is 15.6. The number of carbonyl (C=O) groups is 2. The Morgan fingerprint density at radius 2 is 1.89 bits per heavy atom. The molecule has 0 radical (unpaired) electrons. The van der Waals surface area contributed by atoms with Crippen molar-refractivity contribution in [2.75, 3.05) is 17.2 Å². The third-order valence-corrected chi connectivity index (χ3v) is 3.50. The average Bonchev–Trinajstić information content (AvgIpc) is 2.99. The van der Waals surface area contributed by atoms with Crippen LogP contribution >= 0.6 is 0 Å². The van der Waals surface area contributed by atoms with Gasteiger partial charge < -0.3 is 20.1 Å². The topological polar surface area (TPSA) is 142 Å². The number of imidazole rings is 1. The monoisotopic (exact) mass is 384 g/mol. The van der Waals surface area contributed by atoms with Gasteiger partial charge in [0.05, 0.1) is 11.0 Å². The number of aromatic nitrogens is 4. The van der Waals surface area contributed by atoms with E-state index in [4.69, 9.17) is 9.84 Å². The van der Waals surface area contributed by atoms with Crippen LogP contribution in [0.4, 0.5) is 16.7 Å². The van der Waals surface area contributed by atoms with Crippen LogP contribution in [0, 0.1) is 0 Å². The molecule has 2 aromatic heterocycles. The number of rotatable bonds is 5. The van der Waals surface area contributed by atoms with E-state index in [9.17, 15) is 9.59 Å². The largest absolute Gasteiger partial charge is 0.465 e. The fourth-order valence-electron chi connectivity index (χ4n) is 2.45. The molecule has 4 N–H and O–H groups in total. The summed E-state index contributed by atoms with van der Waals surface area (Å²) in [6.07, 6.45) is 2.05. The van der Waals surface area contributed by atoms with Crippen LogP contribution in [0.5, 0.6) is 0 Å².